The van der Waals surface area contributed by atoms with E-state index < -0.39 is 10.0 Å². The number of hydrogen-bond donors (Lipinski definition) is 1. The number of rotatable bonds is 3. The molecule has 1 unspecified atom stereocenters. The van der Waals surface area contributed by atoms with E-state index >= 15 is 0 Å². The predicted octanol–water partition coefficient (Wildman–Crippen LogP) is 2.81. The first kappa shape index (κ1) is 15.6. The Hall–Kier alpha value is -2.34. The number of para-hydroxylation sites is 1. The fourth-order valence-electron chi connectivity index (χ4n) is 2.87. The highest BCUT2D eigenvalue weighted by atomic mass is 32.2. The molecule has 6 heteroatoms. The Morgan fingerprint density at radius 1 is 1.13 bits per heavy atom. The van der Waals surface area contributed by atoms with Crippen LogP contribution in [0.3, 0.4) is 0 Å². The van der Waals surface area contributed by atoms with Crippen LogP contribution in [0.1, 0.15) is 29.2 Å². The van der Waals surface area contributed by atoms with Gasteiger partial charge in [0.05, 0.1) is 18.0 Å². The Balaban J connectivity index is 2.07. The maximum Gasteiger partial charge on any atom is 0.247 e. The van der Waals surface area contributed by atoms with Gasteiger partial charge in [0.1, 0.15) is 5.75 Å². The normalized spacial score (nSPS) is 18.1. The van der Waals surface area contributed by atoms with Crippen LogP contribution in [0, 0.1) is 6.92 Å². The molecule has 0 radical (unpaired) electrons. The molecule has 1 N–H and O–H groups in total. The summed E-state index contributed by atoms with van der Waals surface area (Å²) in [6.07, 6.45) is 1.57. The largest absolute Gasteiger partial charge is 0.507 e. The van der Waals surface area contributed by atoms with E-state index in [2.05, 4.69) is 5.10 Å². The third kappa shape index (κ3) is 2.94. The lowest BCUT2D eigenvalue weighted by Gasteiger charge is -2.22. The van der Waals surface area contributed by atoms with E-state index in [1.54, 1.807) is 24.3 Å². The molecule has 1 heterocycles. The number of sulfonamides is 1. The molecule has 2 aromatic rings. The van der Waals surface area contributed by atoms with Crippen molar-refractivity contribution in [2.45, 2.75) is 19.4 Å². The smallest absolute Gasteiger partial charge is 0.247 e. The molecule has 0 aromatic heterocycles. The number of hydrazone groups is 1. The van der Waals surface area contributed by atoms with Crippen LogP contribution < -0.4 is 0 Å². The van der Waals surface area contributed by atoms with Crippen molar-refractivity contribution in [1.29, 1.82) is 0 Å². The molecule has 1 aliphatic heterocycles. The van der Waals surface area contributed by atoms with Crippen molar-refractivity contribution < 1.29 is 13.5 Å². The monoisotopic (exact) mass is 330 g/mol. The summed E-state index contributed by atoms with van der Waals surface area (Å²) in [5.74, 6) is 0.102. The molecule has 2 aromatic carbocycles. The third-order valence-corrected chi connectivity index (χ3v) is 4.99. The molecule has 5 nitrogen and oxygen atoms in total. The van der Waals surface area contributed by atoms with E-state index in [4.69, 9.17) is 0 Å². The molecule has 0 amide bonds. The molecule has 0 saturated heterocycles. The number of nitrogens with zero attached hydrogens (tertiary/aromatic N) is 2. The average Bonchev–Trinajstić information content (AvgIpc) is 2.93. The molecule has 0 bridgehead atoms. The van der Waals surface area contributed by atoms with Crippen LogP contribution in [0.4, 0.5) is 0 Å². The van der Waals surface area contributed by atoms with E-state index in [0.29, 0.717) is 17.7 Å². The van der Waals surface area contributed by atoms with Gasteiger partial charge in [-0.15, -0.1) is 0 Å². The number of hydrogen-bond acceptors (Lipinski definition) is 4. The van der Waals surface area contributed by atoms with Gasteiger partial charge in [0.15, 0.2) is 0 Å². The number of benzene rings is 2. The van der Waals surface area contributed by atoms with Gasteiger partial charge in [-0.1, -0.05) is 36.4 Å². The van der Waals surface area contributed by atoms with E-state index in [1.165, 1.54) is 0 Å². The number of aryl methyl sites for hydroxylation is 1. The first-order valence-electron chi connectivity index (χ1n) is 7.28. The van der Waals surface area contributed by atoms with Crippen molar-refractivity contribution in [2.75, 3.05) is 6.26 Å². The first-order valence-corrected chi connectivity index (χ1v) is 9.13. The van der Waals surface area contributed by atoms with Crippen molar-refractivity contribution in [3.05, 3.63) is 65.2 Å². The van der Waals surface area contributed by atoms with Crippen molar-refractivity contribution >= 4 is 15.7 Å². The summed E-state index contributed by atoms with van der Waals surface area (Å²) in [7, 11) is -3.51. The van der Waals surface area contributed by atoms with Crippen molar-refractivity contribution in [3.8, 4) is 5.75 Å². The van der Waals surface area contributed by atoms with Gasteiger partial charge in [-0.05, 0) is 30.2 Å². The zero-order valence-electron chi connectivity index (χ0n) is 13.0. The minimum Gasteiger partial charge on any atom is -0.507 e. The van der Waals surface area contributed by atoms with Crippen molar-refractivity contribution in [3.63, 3.8) is 0 Å². The van der Waals surface area contributed by atoms with E-state index in [9.17, 15) is 13.5 Å². The maximum absolute atomic E-state index is 12.1. The summed E-state index contributed by atoms with van der Waals surface area (Å²) in [6.45, 7) is 1.95. The summed E-state index contributed by atoms with van der Waals surface area (Å²) in [4.78, 5) is 0. The minimum absolute atomic E-state index is 0.102. The van der Waals surface area contributed by atoms with Gasteiger partial charge in [0.2, 0.25) is 10.0 Å². The molecule has 0 spiro atoms. The Morgan fingerprint density at radius 3 is 2.43 bits per heavy atom. The second-order valence-electron chi connectivity index (χ2n) is 5.68. The fraction of sp³-hybridized carbons (Fsp3) is 0.235. The Bertz CT molecular complexity index is 875. The maximum atomic E-state index is 12.1. The van der Waals surface area contributed by atoms with Crippen LogP contribution >= 0.6 is 0 Å². The van der Waals surface area contributed by atoms with Crippen LogP contribution in [0.5, 0.6) is 5.75 Å². The van der Waals surface area contributed by atoms with Crippen LogP contribution in [0.15, 0.2) is 53.6 Å². The highest BCUT2D eigenvalue weighted by Crippen LogP contribution is 2.37. The van der Waals surface area contributed by atoms with Crippen molar-refractivity contribution in [2.24, 2.45) is 5.10 Å². The third-order valence-electron chi connectivity index (χ3n) is 3.97. The Labute approximate surface area is 135 Å². The number of aromatic hydroxyl groups is 1. The first-order chi connectivity index (χ1) is 10.9. The average molecular weight is 330 g/mol. The lowest BCUT2D eigenvalue weighted by molar-refractivity contribution is 0.374. The summed E-state index contributed by atoms with van der Waals surface area (Å²) < 4.78 is 25.4. The van der Waals surface area contributed by atoms with Crippen LogP contribution in [0.25, 0.3) is 0 Å². The summed E-state index contributed by atoms with van der Waals surface area (Å²) >= 11 is 0. The highest BCUT2D eigenvalue weighted by molar-refractivity contribution is 7.88. The van der Waals surface area contributed by atoms with Crippen LogP contribution in [0.2, 0.25) is 0 Å². The summed E-state index contributed by atoms with van der Waals surface area (Å²) in [6, 6.07) is 14.1. The van der Waals surface area contributed by atoms with Gasteiger partial charge in [-0.2, -0.15) is 9.52 Å². The van der Waals surface area contributed by atoms with Crippen LogP contribution in [-0.2, 0) is 10.0 Å². The van der Waals surface area contributed by atoms with Crippen molar-refractivity contribution in [1.82, 2.24) is 4.41 Å². The van der Waals surface area contributed by atoms with E-state index in [0.717, 1.165) is 21.8 Å². The zero-order chi connectivity index (χ0) is 16.6. The van der Waals surface area contributed by atoms with Gasteiger partial charge in [0, 0.05) is 12.0 Å². The van der Waals surface area contributed by atoms with Gasteiger partial charge in [0.25, 0.3) is 0 Å². The second kappa shape index (κ2) is 5.70. The molecule has 0 saturated carbocycles. The quantitative estimate of drug-likeness (QED) is 0.941. The molecule has 0 aliphatic carbocycles. The Kier molecular flexibility index (Phi) is 3.85. The lowest BCUT2D eigenvalue weighted by Crippen LogP contribution is -2.26. The van der Waals surface area contributed by atoms with Gasteiger partial charge < -0.3 is 5.11 Å². The molecule has 1 atom stereocenters. The fourth-order valence-corrected chi connectivity index (χ4v) is 3.76. The molecule has 1 aliphatic rings. The van der Waals surface area contributed by atoms with E-state index in [1.807, 2.05) is 31.2 Å². The topological polar surface area (TPSA) is 70.0 Å². The van der Waals surface area contributed by atoms with Crippen LogP contribution in [-0.4, -0.2) is 29.9 Å². The standard InChI is InChI=1S/C17H18N2O3S/c1-12-7-3-4-8-13(12)16-11-15(18-19(16)23(2,21)22)14-9-5-6-10-17(14)20/h3-10,16,20H,11H2,1-2H3. The molecule has 120 valence electrons. The molecule has 23 heavy (non-hydrogen) atoms. The Morgan fingerprint density at radius 2 is 1.78 bits per heavy atom. The number of phenolic OH excluding ortho intramolecular Hbond substituents is 1. The van der Waals surface area contributed by atoms with Gasteiger partial charge in [-0.3, -0.25) is 0 Å². The summed E-state index contributed by atoms with van der Waals surface area (Å²) in [5, 5.41) is 14.3. The minimum atomic E-state index is -3.51. The SMILES string of the molecule is Cc1ccccc1C1CC(c2ccccc2O)=NN1S(C)(=O)=O. The summed E-state index contributed by atoms with van der Waals surface area (Å²) in [5.41, 5.74) is 3.07. The van der Waals surface area contributed by atoms with Gasteiger partial charge >= 0.3 is 0 Å². The molecule has 3 rings (SSSR count). The molecular weight excluding hydrogens is 312 g/mol. The predicted molar refractivity (Wildman–Crippen MR) is 89.9 cm³/mol. The molecular formula is C17H18N2O3S. The number of phenols is 1. The lowest BCUT2D eigenvalue weighted by atomic mass is 9.96. The second-order valence-corrected chi connectivity index (χ2v) is 7.52. The van der Waals surface area contributed by atoms with E-state index in [-0.39, 0.29) is 11.8 Å². The highest BCUT2D eigenvalue weighted by Gasteiger charge is 2.35. The zero-order valence-corrected chi connectivity index (χ0v) is 13.8. The molecule has 0 fully saturated rings. The van der Waals surface area contributed by atoms with Gasteiger partial charge in [-0.25, -0.2) is 8.42 Å².